The van der Waals surface area contributed by atoms with Crippen molar-refractivity contribution < 1.29 is 24.9 Å². The van der Waals surface area contributed by atoms with Gasteiger partial charge in [0.05, 0.1) is 33.5 Å². The number of aromatic hydroxyl groups is 1. The number of hydrogen-bond donors (Lipinski definition) is 4. The summed E-state index contributed by atoms with van der Waals surface area (Å²) in [6.07, 6.45) is 7.74. The molecule has 1 aliphatic rings. The quantitative estimate of drug-likeness (QED) is 0.172. The predicted octanol–water partition coefficient (Wildman–Crippen LogP) is 7.11. The van der Waals surface area contributed by atoms with Crippen molar-refractivity contribution in [3.63, 3.8) is 0 Å². The summed E-state index contributed by atoms with van der Waals surface area (Å²) in [7, 11) is 0. The number of nitrogens with one attached hydrogen (secondary N) is 1. The van der Waals surface area contributed by atoms with Crippen molar-refractivity contribution in [1.82, 2.24) is 19.1 Å². The highest BCUT2D eigenvalue weighted by Gasteiger charge is 2.16. The van der Waals surface area contributed by atoms with Crippen molar-refractivity contribution >= 4 is 69.6 Å². The van der Waals surface area contributed by atoms with Crippen LogP contribution in [0.4, 0.5) is 0 Å². The van der Waals surface area contributed by atoms with Gasteiger partial charge in [-0.05, 0) is 80.8 Å². The third-order valence-electron chi connectivity index (χ3n) is 7.39. The number of aryl methyl sites for hydroxylation is 4. The molecule has 8 bridgehead atoms. The molecule has 10 nitrogen and oxygen atoms in total. The molecule has 0 spiro atoms. The minimum atomic E-state index is -0.745. The van der Waals surface area contributed by atoms with Gasteiger partial charge < -0.3 is 29.4 Å². The van der Waals surface area contributed by atoms with Gasteiger partial charge in [0.1, 0.15) is 11.3 Å². The van der Waals surface area contributed by atoms with Gasteiger partial charge in [0, 0.05) is 36.3 Å². The highest BCUT2D eigenvalue weighted by Crippen LogP contribution is 2.32. The second-order valence-corrected chi connectivity index (χ2v) is 10.1. The molecule has 0 aliphatic carbocycles. The minimum absolute atomic E-state index is 0.0502. The van der Waals surface area contributed by atoms with E-state index in [1.165, 1.54) is 0 Å². The predicted molar refractivity (Wildman–Crippen MR) is 178 cm³/mol. The first kappa shape index (κ1) is 33.1. The number of H-pyrrole nitrogens is 1. The fourth-order valence-corrected chi connectivity index (χ4v) is 4.87. The fraction of sp³-hybridized carbons (Fsp3) is 0.235. The number of carboxylic acid groups (broad SMARTS) is 2. The Morgan fingerprint density at radius 2 is 1.36 bits per heavy atom. The van der Waals surface area contributed by atoms with E-state index in [1.54, 1.807) is 36.9 Å². The maximum absolute atomic E-state index is 13.5. The number of aromatic nitrogens is 4. The van der Waals surface area contributed by atoms with Gasteiger partial charge in [-0.15, -0.1) is 0 Å². The number of rotatable bonds is 4. The first-order valence-electron chi connectivity index (χ1n) is 14.1. The molecule has 10 heteroatoms. The lowest BCUT2D eigenvalue weighted by Gasteiger charge is -2.03. The highest BCUT2D eigenvalue weighted by atomic mass is 16.4. The molecular formula is C34H38N4O6. The molecule has 0 saturated carbocycles. The first-order chi connectivity index (χ1) is 20.8. The van der Waals surface area contributed by atoms with Gasteiger partial charge >= 0.3 is 11.9 Å². The van der Waals surface area contributed by atoms with Gasteiger partial charge in [-0.2, -0.15) is 0 Å². The SMILES string of the molecule is C=Cn1c2cc3nc(cc4ccc(c(=O)c5[nH]c(c(C)c5O)c(C)c1c(C)c2C)n4C=C)C=C3.CCC(=O)O.CCC(=O)O. The van der Waals surface area contributed by atoms with E-state index in [2.05, 4.69) is 38.1 Å². The van der Waals surface area contributed by atoms with Crippen molar-refractivity contribution in [3.8, 4) is 5.75 Å². The summed E-state index contributed by atoms with van der Waals surface area (Å²) in [6, 6.07) is 7.54. The molecule has 0 unspecified atom stereocenters. The minimum Gasteiger partial charge on any atom is -0.505 e. The van der Waals surface area contributed by atoms with Crippen LogP contribution in [0.1, 0.15) is 60.3 Å². The van der Waals surface area contributed by atoms with E-state index < -0.39 is 11.9 Å². The average Bonchev–Trinajstić information content (AvgIpc) is 3.75. The molecule has 230 valence electrons. The van der Waals surface area contributed by atoms with E-state index in [1.807, 2.05) is 42.7 Å². The summed E-state index contributed by atoms with van der Waals surface area (Å²) in [6.45, 7) is 19.1. The van der Waals surface area contributed by atoms with Crippen LogP contribution in [0.2, 0.25) is 0 Å². The number of fused-ring (bicyclic) bond motifs is 8. The normalized spacial score (nSPS) is 10.9. The van der Waals surface area contributed by atoms with E-state index >= 15 is 0 Å². The molecule has 5 heterocycles. The topological polar surface area (TPSA) is 150 Å². The number of carboxylic acids is 2. The maximum Gasteiger partial charge on any atom is 0.303 e. The smallest absolute Gasteiger partial charge is 0.303 e. The van der Waals surface area contributed by atoms with E-state index in [-0.39, 0.29) is 29.5 Å². The molecule has 4 N–H and O–H groups in total. The zero-order valence-corrected chi connectivity index (χ0v) is 25.9. The number of carbonyl (C=O) groups is 2. The van der Waals surface area contributed by atoms with Crippen molar-refractivity contribution in [2.24, 2.45) is 0 Å². The van der Waals surface area contributed by atoms with Crippen LogP contribution in [0.5, 0.6) is 5.75 Å². The second-order valence-electron chi connectivity index (χ2n) is 10.1. The fourth-order valence-electron chi connectivity index (χ4n) is 4.87. The molecule has 0 fully saturated rings. The number of aromatic amines is 1. The molecule has 1 aliphatic heterocycles. The lowest BCUT2D eigenvalue weighted by Crippen LogP contribution is -2.03. The molecule has 0 atom stereocenters. The highest BCUT2D eigenvalue weighted by molar-refractivity contribution is 5.88. The first-order valence-corrected chi connectivity index (χ1v) is 14.1. The Bertz CT molecular complexity index is 1990. The van der Waals surface area contributed by atoms with Crippen molar-refractivity contribution in [1.29, 1.82) is 0 Å². The van der Waals surface area contributed by atoms with Crippen LogP contribution in [0.15, 0.2) is 42.2 Å². The summed E-state index contributed by atoms with van der Waals surface area (Å²) in [5.41, 5.74) is 8.99. The van der Waals surface area contributed by atoms with Crippen LogP contribution in [0, 0.1) is 27.7 Å². The lowest BCUT2D eigenvalue weighted by atomic mass is 10.1. The zero-order valence-electron chi connectivity index (χ0n) is 25.9. The summed E-state index contributed by atoms with van der Waals surface area (Å²) in [4.78, 5) is 40.2. The summed E-state index contributed by atoms with van der Waals surface area (Å²) >= 11 is 0. The molecule has 44 heavy (non-hydrogen) atoms. The van der Waals surface area contributed by atoms with E-state index in [0.717, 1.165) is 44.6 Å². The Labute approximate surface area is 254 Å². The Kier molecular flexibility index (Phi) is 10.3. The Balaban J connectivity index is 0.000000461. The van der Waals surface area contributed by atoms with Gasteiger partial charge in [0.15, 0.2) is 0 Å². The van der Waals surface area contributed by atoms with Crippen molar-refractivity contribution in [2.45, 2.75) is 54.4 Å². The van der Waals surface area contributed by atoms with Gasteiger partial charge in [-0.3, -0.25) is 14.4 Å². The third kappa shape index (κ3) is 6.49. The van der Waals surface area contributed by atoms with Gasteiger partial charge in [-0.1, -0.05) is 27.0 Å². The molecule has 0 aromatic carbocycles. The zero-order chi connectivity index (χ0) is 32.9. The summed E-state index contributed by atoms with van der Waals surface area (Å²) in [5, 5.41) is 26.4. The summed E-state index contributed by atoms with van der Waals surface area (Å²) in [5.74, 6) is -1.54. The molecule has 4 aromatic heterocycles. The Hall–Kier alpha value is -5.38. The molecular weight excluding hydrogens is 560 g/mol. The molecule has 0 radical (unpaired) electrons. The summed E-state index contributed by atoms with van der Waals surface area (Å²) < 4.78 is 3.75. The van der Waals surface area contributed by atoms with Crippen molar-refractivity contribution in [2.75, 3.05) is 0 Å². The number of nitrogens with zero attached hydrogens (tertiary/aromatic N) is 3. The van der Waals surface area contributed by atoms with Crippen LogP contribution in [-0.4, -0.2) is 46.4 Å². The molecule has 5 rings (SSSR count). The third-order valence-corrected chi connectivity index (χ3v) is 7.39. The number of hydrogen-bond acceptors (Lipinski definition) is 5. The van der Waals surface area contributed by atoms with Crippen LogP contribution >= 0.6 is 0 Å². The van der Waals surface area contributed by atoms with E-state index in [9.17, 15) is 19.5 Å². The van der Waals surface area contributed by atoms with E-state index in [4.69, 9.17) is 15.2 Å². The van der Waals surface area contributed by atoms with Crippen LogP contribution in [0.3, 0.4) is 0 Å². The molecule has 0 amide bonds. The van der Waals surface area contributed by atoms with Gasteiger partial charge in [-0.25, -0.2) is 4.98 Å². The molecule has 0 saturated heterocycles. The monoisotopic (exact) mass is 598 g/mol. The Morgan fingerprint density at radius 1 is 0.818 bits per heavy atom. The van der Waals surface area contributed by atoms with Crippen LogP contribution < -0.4 is 5.43 Å². The van der Waals surface area contributed by atoms with Crippen LogP contribution in [0.25, 0.3) is 57.7 Å². The van der Waals surface area contributed by atoms with Gasteiger partial charge in [0.25, 0.3) is 0 Å². The number of aliphatic carboxylic acids is 2. The largest absolute Gasteiger partial charge is 0.505 e. The molecule has 4 aromatic rings. The van der Waals surface area contributed by atoms with Crippen molar-refractivity contribution in [3.05, 3.63) is 81.3 Å². The van der Waals surface area contributed by atoms with Crippen LogP contribution in [-0.2, 0) is 9.59 Å². The average molecular weight is 599 g/mol. The lowest BCUT2D eigenvalue weighted by molar-refractivity contribution is -0.137. The standard InChI is InChI=1S/C28H26N4O2.2C3H6O2/c1-7-31-21-11-12-22(31)28(34)25-27(33)18(6)24(30-25)17(5)26-16(4)15(3)23(32(26)8-2)14-20-10-9-19(13-21)29-20;2*1-2-3(4)5/h7-14,30,33H,1-2H2,3-6H3;2*2H2,1H3,(H,4,5). The maximum atomic E-state index is 13.5. The van der Waals surface area contributed by atoms with E-state index in [0.29, 0.717) is 16.6 Å². The van der Waals surface area contributed by atoms with Gasteiger partial charge in [0.2, 0.25) is 5.43 Å². The Morgan fingerprint density at radius 3 is 1.89 bits per heavy atom. The second kappa shape index (κ2) is 13.7.